The second-order valence-electron chi connectivity index (χ2n) is 3.67. The van der Waals surface area contributed by atoms with E-state index in [2.05, 4.69) is 19.2 Å². The molecular formula is C10H22N2O. The quantitative estimate of drug-likeness (QED) is 0.561. The van der Waals surface area contributed by atoms with Crippen LogP contribution >= 0.6 is 0 Å². The van der Waals surface area contributed by atoms with Gasteiger partial charge in [-0.05, 0) is 31.8 Å². The van der Waals surface area contributed by atoms with Gasteiger partial charge in [-0.2, -0.15) is 0 Å². The van der Waals surface area contributed by atoms with Crippen molar-refractivity contribution in [3.05, 3.63) is 0 Å². The summed E-state index contributed by atoms with van der Waals surface area (Å²) < 4.78 is 0. The summed E-state index contributed by atoms with van der Waals surface area (Å²) in [6.45, 7) is 6.39. The van der Waals surface area contributed by atoms with E-state index in [-0.39, 0.29) is 5.91 Å². The van der Waals surface area contributed by atoms with Crippen LogP contribution in [0.5, 0.6) is 0 Å². The van der Waals surface area contributed by atoms with Gasteiger partial charge in [-0.15, -0.1) is 0 Å². The van der Waals surface area contributed by atoms with Crippen LogP contribution in [-0.2, 0) is 4.79 Å². The first-order valence-corrected chi connectivity index (χ1v) is 5.15. The Balaban J connectivity index is 3.11. The molecule has 0 aliphatic rings. The van der Waals surface area contributed by atoms with Gasteiger partial charge in [0, 0.05) is 6.42 Å². The van der Waals surface area contributed by atoms with Crippen molar-refractivity contribution < 1.29 is 4.79 Å². The summed E-state index contributed by atoms with van der Waals surface area (Å²) in [6.07, 6.45) is 3.86. The Kier molecular flexibility index (Phi) is 7.69. The topological polar surface area (TPSA) is 55.1 Å². The molecule has 0 radical (unpaired) electrons. The van der Waals surface area contributed by atoms with Crippen LogP contribution in [0.1, 0.15) is 39.5 Å². The standard InChI is InChI=1S/C10H22N2O/c1-3-5-9(2)8-12-7-4-6-10(11)13/h9,12H,3-8H2,1-2H3,(H2,11,13). The lowest BCUT2D eigenvalue weighted by Gasteiger charge is -2.10. The molecule has 3 nitrogen and oxygen atoms in total. The molecule has 13 heavy (non-hydrogen) atoms. The number of primary amides is 1. The average molecular weight is 186 g/mol. The highest BCUT2D eigenvalue weighted by Gasteiger charge is 1.99. The van der Waals surface area contributed by atoms with Crippen molar-refractivity contribution in [2.75, 3.05) is 13.1 Å². The molecule has 1 amide bonds. The molecule has 0 saturated carbocycles. The number of hydrogen-bond donors (Lipinski definition) is 2. The van der Waals surface area contributed by atoms with Crippen LogP contribution in [0.3, 0.4) is 0 Å². The molecule has 0 bridgehead atoms. The van der Waals surface area contributed by atoms with E-state index in [0.29, 0.717) is 6.42 Å². The van der Waals surface area contributed by atoms with Gasteiger partial charge in [-0.3, -0.25) is 4.79 Å². The lowest BCUT2D eigenvalue weighted by Crippen LogP contribution is -2.23. The van der Waals surface area contributed by atoms with E-state index in [4.69, 9.17) is 5.73 Å². The van der Waals surface area contributed by atoms with Crippen molar-refractivity contribution in [3.63, 3.8) is 0 Å². The van der Waals surface area contributed by atoms with Crippen LogP contribution < -0.4 is 11.1 Å². The molecular weight excluding hydrogens is 164 g/mol. The maximum atomic E-state index is 10.4. The monoisotopic (exact) mass is 186 g/mol. The third-order valence-corrected chi connectivity index (χ3v) is 2.05. The lowest BCUT2D eigenvalue weighted by atomic mass is 10.1. The minimum absolute atomic E-state index is 0.205. The summed E-state index contributed by atoms with van der Waals surface area (Å²) in [4.78, 5) is 10.4. The summed E-state index contributed by atoms with van der Waals surface area (Å²) in [5.74, 6) is 0.530. The van der Waals surface area contributed by atoms with Gasteiger partial charge in [-0.1, -0.05) is 20.3 Å². The van der Waals surface area contributed by atoms with E-state index in [0.717, 1.165) is 25.4 Å². The van der Waals surface area contributed by atoms with Crippen LogP contribution in [-0.4, -0.2) is 19.0 Å². The van der Waals surface area contributed by atoms with Gasteiger partial charge in [0.1, 0.15) is 0 Å². The summed E-state index contributed by atoms with van der Waals surface area (Å²) >= 11 is 0. The zero-order chi connectivity index (χ0) is 10.1. The van der Waals surface area contributed by atoms with Crippen LogP contribution in [0.2, 0.25) is 0 Å². The second kappa shape index (κ2) is 8.05. The molecule has 1 unspecified atom stereocenters. The predicted molar refractivity (Wildman–Crippen MR) is 55.4 cm³/mol. The molecule has 0 aliphatic heterocycles. The molecule has 0 spiro atoms. The summed E-state index contributed by atoms with van der Waals surface area (Å²) in [7, 11) is 0. The van der Waals surface area contributed by atoms with Gasteiger partial charge in [0.15, 0.2) is 0 Å². The lowest BCUT2D eigenvalue weighted by molar-refractivity contribution is -0.118. The maximum absolute atomic E-state index is 10.4. The molecule has 0 fully saturated rings. The van der Waals surface area contributed by atoms with Crippen molar-refractivity contribution in [2.24, 2.45) is 11.7 Å². The molecule has 3 N–H and O–H groups in total. The highest BCUT2D eigenvalue weighted by Crippen LogP contribution is 2.02. The molecule has 0 rings (SSSR count). The Morgan fingerprint density at radius 1 is 1.54 bits per heavy atom. The molecule has 0 aromatic rings. The molecule has 0 aromatic heterocycles. The third-order valence-electron chi connectivity index (χ3n) is 2.05. The molecule has 78 valence electrons. The molecule has 0 heterocycles. The van der Waals surface area contributed by atoms with Gasteiger partial charge in [0.25, 0.3) is 0 Å². The van der Waals surface area contributed by atoms with Gasteiger partial charge >= 0.3 is 0 Å². The van der Waals surface area contributed by atoms with Crippen molar-refractivity contribution in [1.82, 2.24) is 5.32 Å². The SMILES string of the molecule is CCCC(C)CNCCCC(N)=O. The van der Waals surface area contributed by atoms with E-state index in [1.54, 1.807) is 0 Å². The highest BCUT2D eigenvalue weighted by atomic mass is 16.1. The van der Waals surface area contributed by atoms with Gasteiger partial charge in [0.2, 0.25) is 5.91 Å². The van der Waals surface area contributed by atoms with Crippen molar-refractivity contribution in [1.29, 1.82) is 0 Å². The summed E-state index contributed by atoms with van der Waals surface area (Å²) in [5, 5.41) is 3.32. The highest BCUT2D eigenvalue weighted by molar-refractivity contribution is 5.73. The first-order valence-electron chi connectivity index (χ1n) is 5.15. The third kappa shape index (κ3) is 9.34. The maximum Gasteiger partial charge on any atom is 0.217 e. The Bertz CT molecular complexity index is 137. The van der Waals surface area contributed by atoms with Crippen LogP contribution in [0.15, 0.2) is 0 Å². The predicted octanol–water partition coefficient (Wildman–Crippen LogP) is 1.28. The molecule has 0 saturated heterocycles. The normalized spacial score (nSPS) is 12.8. The fraction of sp³-hybridized carbons (Fsp3) is 0.900. The Hall–Kier alpha value is -0.570. The van der Waals surface area contributed by atoms with E-state index in [1.165, 1.54) is 12.8 Å². The van der Waals surface area contributed by atoms with Crippen LogP contribution in [0.25, 0.3) is 0 Å². The number of nitrogens with one attached hydrogen (secondary N) is 1. The Labute approximate surface area is 81.1 Å². The minimum atomic E-state index is -0.205. The second-order valence-corrected chi connectivity index (χ2v) is 3.67. The molecule has 3 heteroatoms. The summed E-state index contributed by atoms with van der Waals surface area (Å²) in [6, 6.07) is 0. The number of nitrogens with two attached hydrogens (primary N) is 1. The van der Waals surface area contributed by atoms with E-state index in [9.17, 15) is 4.79 Å². The number of carbonyl (C=O) groups is 1. The van der Waals surface area contributed by atoms with Gasteiger partial charge in [0.05, 0.1) is 0 Å². The Morgan fingerprint density at radius 2 is 2.23 bits per heavy atom. The number of hydrogen-bond acceptors (Lipinski definition) is 2. The number of rotatable bonds is 8. The van der Waals surface area contributed by atoms with Crippen LogP contribution in [0.4, 0.5) is 0 Å². The van der Waals surface area contributed by atoms with Crippen molar-refractivity contribution in [3.8, 4) is 0 Å². The first-order chi connectivity index (χ1) is 6.16. The van der Waals surface area contributed by atoms with E-state index >= 15 is 0 Å². The number of amides is 1. The molecule has 0 aliphatic carbocycles. The van der Waals surface area contributed by atoms with Crippen LogP contribution in [0, 0.1) is 5.92 Å². The molecule has 0 aromatic carbocycles. The molecule has 1 atom stereocenters. The van der Waals surface area contributed by atoms with E-state index < -0.39 is 0 Å². The number of carbonyl (C=O) groups excluding carboxylic acids is 1. The Morgan fingerprint density at radius 3 is 2.77 bits per heavy atom. The van der Waals surface area contributed by atoms with Gasteiger partial charge < -0.3 is 11.1 Å². The average Bonchev–Trinajstić information content (AvgIpc) is 2.03. The van der Waals surface area contributed by atoms with Gasteiger partial charge in [-0.25, -0.2) is 0 Å². The van der Waals surface area contributed by atoms with Crippen molar-refractivity contribution in [2.45, 2.75) is 39.5 Å². The minimum Gasteiger partial charge on any atom is -0.370 e. The zero-order valence-electron chi connectivity index (χ0n) is 8.81. The smallest absolute Gasteiger partial charge is 0.217 e. The zero-order valence-corrected chi connectivity index (χ0v) is 8.81. The van der Waals surface area contributed by atoms with E-state index in [1.807, 2.05) is 0 Å². The first kappa shape index (κ1) is 12.4. The fourth-order valence-electron chi connectivity index (χ4n) is 1.33. The fourth-order valence-corrected chi connectivity index (χ4v) is 1.33. The summed E-state index contributed by atoms with van der Waals surface area (Å²) in [5.41, 5.74) is 5.02. The van der Waals surface area contributed by atoms with Crippen molar-refractivity contribution >= 4 is 5.91 Å². The largest absolute Gasteiger partial charge is 0.370 e.